The first kappa shape index (κ1) is 20.8. The Balaban J connectivity index is 0.00000121. The number of aryl methyl sites for hydroxylation is 1. The minimum atomic E-state index is 0. The number of amides is 1. The summed E-state index contributed by atoms with van der Waals surface area (Å²) in [4.78, 5) is 21.3. The van der Waals surface area contributed by atoms with Crippen molar-refractivity contribution in [2.45, 2.75) is 19.8 Å². The maximum Gasteiger partial charge on any atom is 0.298 e. The van der Waals surface area contributed by atoms with Crippen molar-refractivity contribution in [2.75, 3.05) is 44.2 Å². The van der Waals surface area contributed by atoms with Gasteiger partial charge in [0.15, 0.2) is 5.58 Å². The molecule has 0 aliphatic carbocycles. The molecule has 8 heteroatoms. The summed E-state index contributed by atoms with van der Waals surface area (Å²) >= 11 is 0. The Morgan fingerprint density at radius 3 is 2.69 bits per heavy atom. The number of hydrogen-bond acceptors (Lipinski definition) is 5. The lowest BCUT2D eigenvalue weighted by molar-refractivity contribution is -0.136. The summed E-state index contributed by atoms with van der Waals surface area (Å²) in [5, 5.41) is 3.33. The summed E-state index contributed by atoms with van der Waals surface area (Å²) in [5.41, 5.74) is 2.90. The number of halogens is 2. The predicted molar refractivity (Wildman–Crippen MR) is 108 cm³/mol. The van der Waals surface area contributed by atoms with E-state index in [1.54, 1.807) is 0 Å². The van der Waals surface area contributed by atoms with Crippen LogP contribution in [0.4, 0.5) is 6.01 Å². The molecule has 144 valence electrons. The van der Waals surface area contributed by atoms with Gasteiger partial charge in [-0.25, -0.2) is 0 Å². The summed E-state index contributed by atoms with van der Waals surface area (Å²) in [6.45, 7) is 6.95. The molecule has 1 atom stereocenters. The molecule has 3 heterocycles. The fourth-order valence-electron chi connectivity index (χ4n) is 3.60. The van der Waals surface area contributed by atoms with E-state index in [4.69, 9.17) is 4.42 Å². The molecule has 26 heavy (non-hydrogen) atoms. The molecule has 0 radical (unpaired) electrons. The number of piperidine rings is 1. The van der Waals surface area contributed by atoms with Crippen molar-refractivity contribution in [3.63, 3.8) is 0 Å². The Labute approximate surface area is 166 Å². The maximum absolute atomic E-state index is 12.6. The van der Waals surface area contributed by atoms with E-state index in [2.05, 4.69) is 22.1 Å². The first-order valence-corrected chi connectivity index (χ1v) is 8.82. The van der Waals surface area contributed by atoms with Crippen LogP contribution in [0.1, 0.15) is 18.4 Å². The molecule has 0 spiro atoms. The first-order chi connectivity index (χ1) is 11.7. The number of piperazine rings is 1. The number of nitrogens with zero attached hydrogens (tertiary/aromatic N) is 3. The van der Waals surface area contributed by atoms with E-state index in [0.717, 1.165) is 63.2 Å². The molecule has 1 aromatic carbocycles. The topological polar surface area (TPSA) is 61.6 Å². The molecule has 1 amide bonds. The standard InChI is InChI=1S/C18H24N4O2.2ClH/c1-13-4-5-16-15(11-13)20-18(24-16)22-9-7-21(8-10-22)17(23)14-3-2-6-19-12-14;;/h4-5,11,14,19H,2-3,6-10,12H2,1H3;2*1H. The first-order valence-electron chi connectivity index (χ1n) is 8.82. The van der Waals surface area contributed by atoms with E-state index in [1.807, 2.05) is 23.1 Å². The van der Waals surface area contributed by atoms with Crippen LogP contribution in [0.25, 0.3) is 11.1 Å². The molecule has 4 rings (SSSR count). The third-order valence-electron chi connectivity index (χ3n) is 5.04. The van der Waals surface area contributed by atoms with E-state index in [9.17, 15) is 4.79 Å². The molecule has 2 aromatic rings. The van der Waals surface area contributed by atoms with E-state index >= 15 is 0 Å². The van der Waals surface area contributed by atoms with Crippen LogP contribution in [-0.4, -0.2) is 55.1 Å². The smallest absolute Gasteiger partial charge is 0.298 e. The molecule has 1 aromatic heterocycles. The normalized spacial score (nSPS) is 20.4. The zero-order valence-electron chi connectivity index (χ0n) is 14.9. The van der Waals surface area contributed by atoms with Crippen molar-refractivity contribution < 1.29 is 9.21 Å². The monoisotopic (exact) mass is 400 g/mol. The Morgan fingerprint density at radius 2 is 2.00 bits per heavy atom. The number of aromatic nitrogens is 1. The molecule has 6 nitrogen and oxygen atoms in total. The van der Waals surface area contributed by atoms with Crippen molar-refractivity contribution in [3.05, 3.63) is 23.8 Å². The minimum Gasteiger partial charge on any atom is -0.423 e. The van der Waals surface area contributed by atoms with Crippen molar-refractivity contribution in [1.29, 1.82) is 0 Å². The van der Waals surface area contributed by atoms with Crippen molar-refractivity contribution >= 4 is 47.8 Å². The van der Waals surface area contributed by atoms with Crippen LogP contribution in [0.3, 0.4) is 0 Å². The third-order valence-corrected chi connectivity index (χ3v) is 5.04. The fraction of sp³-hybridized carbons (Fsp3) is 0.556. The lowest BCUT2D eigenvalue weighted by Crippen LogP contribution is -2.52. The van der Waals surface area contributed by atoms with E-state index in [-0.39, 0.29) is 30.7 Å². The number of carbonyl (C=O) groups excluding carboxylic acids is 1. The van der Waals surface area contributed by atoms with Crippen LogP contribution in [0.2, 0.25) is 0 Å². The zero-order valence-corrected chi connectivity index (χ0v) is 16.6. The van der Waals surface area contributed by atoms with Gasteiger partial charge in [0.2, 0.25) is 5.91 Å². The SMILES string of the molecule is Cc1ccc2oc(N3CCN(C(=O)C4CCCNC4)CC3)nc2c1.Cl.Cl. The summed E-state index contributed by atoms with van der Waals surface area (Å²) < 4.78 is 5.88. The molecule has 2 saturated heterocycles. The molecule has 1 N–H and O–H groups in total. The molecule has 0 bridgehead atoms. The van der Waals surface area contributed by atoms with Gasteiger partial charge in [0.1, 0.15) is 5.52 Å². The van der Waals surface area contributed by atoms with Crippen LogP contribution in [0.15, 0.2) is 22.6 Å². The highest BCUT2D eigenvalue weighted by Gasteiger charge is 2.29. The number of oxazole rings is 1. The summed E-state index contributed by atoms with van der Waals surface area (Å²) in [6, 6.07) is 6.71. The van der Waals surface area contributed by atoms with Gasteiger partial charge in [0, 0.05) is 32.7 Å². The largest absolute Gasteiger partial charge is 0.423 e. The van der Waals surface area contributed by atoms with E-state index in [0.29, 0.717) is 11.9 Å². The molecule has 2 aliphatic heterocycles. The van der Waals surface area contributed by atoms with Gasteiger partial charge in [-0.15, -0.1) is 24.8 Å². The highest BCUT2D eigenvalue weighted by Crippen LogP contribution is 2.24. The second-order valence-corrected chi connectivity index (χ2v) is 6.82. The average Bonchev–Trinajstić information content (AvgIpc) is 3.05. The van der Waals surface area contributed by atoms with Crippen molar-refractivity contribution in [3.8, 4) is 0 Å². The van der Waals surface area contributed by atoms with Gasteiger partial charge in [0.25, 0.3) is 6.01 Å². The van der Waals surface area contributed by atoms with Gasteiger partial charge < -0.3 is 19.5 Å². The third kappa shape index (κ3) is 4.24. The number of benzene rings is 1. The number of rotatable bonds is 2. The van der Waals surface area contributed by atoms with Gasteiger partial charge in [-0.2, -0.15) is 4.98 Å². The van der Waals surface area contributed by atoms with Gasteiger partial charge in [0.05, 0.1) is 5.92 Å². The maximum atomic E-state index is 12.6. The molecule has 2 aliphatic rings. The predicted octanol–water partition coefficient (Wildman–Crippen LogP) is 2.63. The summed E-state index contributed by atoms with van der Waals surface area (Å²) in [6.07, 6.45) is 2.11. The molecular formula is C18H26Cl2N4O2. The van der Waals surface area contributed by atoms with Crippen LogP contribution in [0.5, 0.6) is 0 Å². The van der Waals surface area contributed by atoms with Gasteiger partial charge in [-0.3, -0.25) is 4.79 Å². The van der Waals surface area contributed by atoms with Crippen molar-refractivity contribution in [2.24, 2.45) is 5.92 Å². The Morgan fingerprint density at radius 1 is 1.23 bits per heavy atom. The molecule has 1 unspecified atom stereocenters. The van der Waals surface area contributed by atoms with Crippen LogP contribution in [0, 0.1) is 12.8 Å². The van der Waals surface area contributed by atoms with Crippen molar-refractivity contribution in [1.82, 2.24) is 15.2 Å². The second kappa shape index (κ2) is 8.93. The van der Waals surface area contributed by atoms with Gasteiger partial charge in [-0.1, -0.05) is 6.07 Å². The zero-order chi connectivity index (χ0) is 16.5. The number of anilines is 1. The number of hydrogen-bond donors (Lipinski definition) is 1. The van der Waals surface area contributed by atoms with Gasteiger partial charge >= 0.3 is 0 Å². The minimum absolute atomic E-state index is 0. The molecular weight excluding hydrogens is 375 g/mol. The average molecular weight is 401 g/mol. The van der Waals surface area contributed by atoms with E-state index in [1.165, 1.54) is 5.56 Å². The molecule has 0 saturated carbocycles. The Kier molecular flexibility index (Phi) is 7.15. The Hall–Kier alpha value is -1.50. The summed E-state index contributed by atoms with van der Waals surface area (Å²) in [5.74, 6) is 0.452. The fourth-order valence-corrected chi connectivity index (χ4v) is 3.60. The summed E-state index contributed by atoms with van der Waals surface area (Å²) in [7, 11) is 0. The lowest BCUT2D eigenvalue weighted by atomic mass is 9.98. The van der Waals surface area contributed by atoms with Crippen LogP contribution in [-0.2, 0) is 4.79 Å². The van der Waals surface area contributed by atoms with Crippen LogP contribution >= 0.6 is 24.8 Å². The quantitative estimate of drug-likeness (QED) is 0.839. The van der Waals surface area contributed by atoms with Gasteiger partial charge in [-0.05, 0) is 44.0 Å². The second-order valence-electron chi connectivity index (χ2n) is 6.82. The Bertz CT molecular complexity index is 738. The number of fused-ring (bicyclic) bond motifs is 1. The van der Waals surface area contributed by atoms with Crippen LogP contribution < -0.4 is 10.2 Å². The highest BCUT2D eigenvalue weighted by molar-refractivity contribution is 5.85. The molecule has 2 fully saturated rings. The van der Waals surface area contributed by atoms with E-state index < -0.39 is 0 Å². The highest BCUT2D eigenvalue weighted by atomic mass is 35.5. The number of nitrogens with one attached hydrogen (secondary N) is 1. The number of carbonyl (C=O) groups is 1. The lowest BCUT2D eigenvalue weighted by Gasteiger charge is -2.36.